The molecule has 2 heteroatoms. The first-order valence-corrected chi connectivity index (χ1v) is 21.5. The van der Waals surface area contributed by atoms with E-state index in [1.54, 1.807) is 0 Å². The van der Waals surface area contributed by atoms with Gasteiger partial charge in [-0.1, -0.05) is 183 Å². The second-order valence-electron chi connectivity index (χ2n) is 16.3. The molecular formula is C58H46N2. The number of nitrogens with zero attached hydrogens (tertiary/aromatic N) is 2. The Morgan fingerprint density at radius 1 is 0.400 bits per heavy atom. The lowest BCUT2D eigenvalue weighted by Gasteiger charge is -2.31. The van der Waals surface area contributed by atoms with Crippen LogP contribution in [0.15, 0.2) is 212 Å². The fourth-order valence-electron chi connectivity index (χ4n) is 9.99. The molecule has 10 aromatic rings. The van der Waals surface area contributed by atoms with E-state index in [0.717, 1.165) is 22.7 Å². The van der Waals surface area contributed by atoms with Crippen LogP contribution in [0.1, 0.15) is 43.6 Å². The van der Waals surface area contributed by atoms with E-state index in [-0.39, 0.29) is 0 Å². The van der Waals surface area contributed by atoms with Crippen molar-refractivity contribution in [1.82, 2.24) is 4.57 Å². The Labute approximate surface area is 352 Å². The highest BCUT2D eigenvalue weighted by atomic mass is 15.1. The van der Waals surface area contributed by atoms with Crippen molar-refractivity contribution in [3.8, 4) is 39.1 Å². The monoisotopic (exact) mass is 770 g/mol. The summed E-state index contributed by atoms with van der Waals surface area (Å²) in [5.41, 5.74) is 15.7. The molecule has 0 atom stereocenters. The third kappa shape index (κ3) is 6.37. The zero-order chi connectivity index (χ0) is 39.8. The molecule has 1 aliphatic rings. The zero-order valence-corrected chi connectivity index (χ0v) is 33.7. The number of fused-ring (bicyclic) bond motifs is 4. The van der Waals surface area contributed by atoms with Crippen LogP contribution in [0.3, 0.4) is 0 Å². The van der Waals surface area contributed by atoms with E-state index in [4.69, 9.17) is 0 Å². The first-order chi connectivity index (χ1) is 29.8. The van der Waals surface area contributed by atoms with Crippen molar-refractivity contribution in [2.75, 3.05) is 4.90 Å². The SMILES string of the molecule is c1ccc(-c2ccc(N(c3ccccc3-c3ccc4c5ccccc5n(-c5ccccc5)c4c3)c3ccccc3-c3cccc4cccc(C5CCCCC5)c34)cc2)cc1. The maximum absolute atomic E-state index is 2.50. The molecule has 0 spiro atoms. The fraction of sp³-hybridized carbons (Fsp3) is 0.103. The average molecular weight is 771 g/mol. The van der Waals surface area contributed by atoms with Gasteiger partial charge in [0.1, 0.15) is 0 Å². The predicted molar refractivity (Wildman–Crippen MR) is 255 cm³/mol. The van der Waals surface area contributed by atoms with Crippen LogP contribution >= 0.6 is 0 Å². The van der Waals surface area contributed by atoms with Gasteiger partial charge >= 0.3 is 0 Å². The summed E-state index contributed by atoms with van der Waals surface area (Å²) in [5.74, 6) is 0.583. The Bertz CT molecular complexity index is 3110. The molecule has 288 valence electrons. The molecule has 1 fully saturated rings. The first-order valence-electron chi connectivity index (χ1n) is 21.5. The summed E-state index contributed by atoms with van der Waals surface area (Å²) in [6.07, 6.45) is 6.48. The van der Waals surface area contributed by atoms with Crippen molar-refractivity contribution in [1.29, 1.82) is 0 Å². The summed E-state index contributed by atoms with van der Waals surface area (Å²) >= 11 is 0. The molecule has 60 heavy (non-hydrogen) atoms. The minimum atomic E-state index is 0.583. The van der Waals surface area contributed by atoms with Crippen molar-refractivity contribution < 1.29 is 0 Å². The molecule has 1 aromatic heterocycles. The summed E-state index contributed by atoms with van der Waals surface area (Å²) < 4.78 is 2.41. The summed E-state index contributed by atoms with van der Waals surface area (Å²) in [4.78, 5) is 2.50. The lowest BCUT2D eigenvalue weighted by molar-refractivity contribution is 0.445. The second-order valence-corrected chi connectivity index (χ2v) is 16.3. The second kappa shape index (κ2) is 15.5. The average Bonchev–Trinajstić information content (AvgIpc) is 3.66. The quantitative estimate of drug-likeness (QED) is 0.149. The van der Waals surface area contributed by atoms with Gasteiger partial charge in [0.05, 0.1) is 22.4 Å². The Balaban J connectivity index is 1.14. The summed E-state index contributed by atoms with van der Waals surface area (Å²) in [5, 5.41) is 5.21. The standard InChI is InChI=1S/C58H46N2/c1-4-18-41(19-5-1)42-34-37-47(38-35-42)59(56-33-15-12-28-51(56)53-30-17-23-44-22-16-29-49(58(44)53)43-20-6-2-7-21-43)54-31-13-10-26-48(54)45-36-39-52-50-27-11-14-32-55(50)60(57(52)40-45)46-24-8-3-9-25-46/h1,3-5,8-19,22-40,43H,2,6-7,20-21H2. The normalized spacial score (nSPS) is 13.3. The minimum absolute atomic E-state index is 0.583. The smallest absolute Gasteiger partial charge is 0.0547 e. The van der Waals surface area contributed by atoms with Crippen LogP contribution < -0.4 is 4.90 Å². The number of para-hydroxylation sites is 4. The van der Waals surface area contributed by atoms with Gasteiger partial charge < -0.3 is 9.47 Å². The number of benzene rings is 9. The van der Waals surface area contributed by atoms with E-state index in [9.17, 15) is 0 Å². The van der Waals surface area contributed by atoms with Gasteiger partial charge in [0.25, 0.3) is 0 Å². The van der Waals surface area contributed by atoms with Crippen molar-refractivity contribution in [3.05, 3.63) is 218 Å². The van der Waals surface area contributed by atoms with E-state index >= 15 is 0 Å². The third-order valence-electron chi connectivity index (χ3n) is 12.8. The van der Waals surface area contributed by atoms with Gasteiger partial charge in [-0.2, -0.15) is 0 Å². The van der Waals surface area contributed by atoms with E-state index in [1.165, 1.54) is 104 Å². The molecule has 0 N–H and O–H groups in total. The van der Waals surface area contributed by atoms with Crippen LogP contribution in [0.4, 0.5) is 17.1 Å². The number of anilines is 3. The number of hydrogen-bond donors (Lipinski definition) is 0. The van der Waals surface area contributed by atoms with Crippen LogP contribution in [0.5, 0.6) is 0 Å². The lowest BCUT2D eigenvalue weighted by atomic mass is 9.80. The Morgan fingerprint density at radius 2 is 0.983 bits per heavy atom. The highest BCUT2D eigenvalue weighted by Gasteiger charge is 2.24. The molecule has 1 aliphatic carbocycles. The molecule has 9 aromatic carbocycles. The molecule has 0 amide bonds. The van der Waals surface area contributed by atoms with E-state index in [0.29, 0.717) is 5.92 Å². The summed E-state index contributed by atoms with van der Waals surface area (Å²) in [7, 11) is 0. The Morgan fingerprint density at radius 3 is 1.77 bits per heavy atom. The third-order valence-corrected chi connectivity index (χ3v) is 12.8. The van der Waals surface area contributed by atoms with Crippen LogP contribution in [0.25, 0.3) is 71.6 Å². The number of hydrogen-bond acceptors (Lipinski definition) is 1. The zero-order valence-electron chi connectivity index (χ0n) is 33.7. The highest BCUT2D eigenvalue weighted by molar-refractivity contribution is 6.11. The van der Waals surface area contributed by atoms with Gasteiger partial charge in [0, 0.05) is 33.3 Å². The van der Waals surface area contributed by atoms with E-state index in [1.807, 2.05) is 0 Å². The van der Waals surface area contributed by atoms with Crippen molar-refractivity contribution in [2.24, 2.45) is 0 Å². The Hall–Kier alpha value is -7.16. The molecule has 1 heterocycles. The predicted octanol–water partition coefficient (Wildman–Crippen LogP) is 16.5. The van der Waals surface area contributed by atoms with Crippen LogP contribution in [-0.4, -0.2) is 4.57 Å². The topological polar surface area (TPSA) is 8.17 Å². The van der Waals surface area contributed by atoms with Crippen LogP contribution in [0, 0.1) is 0 Å². The van der Waals surface area contributed by atoms with Gasteiger partial charge in [0.2, 0.25) is 0 Å². The Kier molecular flexibility index (Phi) is 9.32. The number of aromatic nitrogens is 1. The maximum Gasteiger partial charge on any atom is 0.0547 e. The highest BCUT2D eigenvalue weighted by Crippen LogP contribution is 2.48. The van der Waals surface area contributed by atoms with Crippen LogP contribution in [-0.2, 0) is 0 Å². The first kappa shape index (κ1) is 36.0. The summed E-state index contributed by atoms with van der Waals surface area (Å²) in [6.45, 7) is 0. The van der Waals surface area contributed by atoms with Gasteiger partial charge in [-0.25, -0.2) is 0 Å². The molecule has 0 bridgehead atoms. The van der Waals surface area contributed by atoms with Gasteiger partial charge in [-0.05, 0) is 106 Å². The van der Waals surface area contributed by atoms with Gasteiger partial charge in [-0.3, -0.25) is 0 Å². The molecular weight excluding hydrogens is 725 g/mol. The molecule has 0 unspecified atom stereocenters. The van der Waals surface area contributed by atoms with E-state index in [2.05, 4.69) is 222 Å². The van der Waals surface area contributed by atoms with Crippen molar-refractivity contribution >= 4 is 49.6 Å². The minimum Gasteiger partial charge on any atom is -0.309 e. The molecule has 0 saturated heterocycles. The van der Waals surface area contributed by atoms with Crippen molar-refractivity contribution in [3.63, 3.8) is 0 Å². The molecule has 1 saturated carbocycles. The lowest BCUT2D eigenvalue weighted by Crippen LogP contribution is -2.12. The molecule has 2 nitrogen and oxygen atoms in total. The number of rotatable bonds is 8. The summed E-state index contributed by atoms with van der Waals surface area (Å²) in [6, 6.07) is 78.2. The molecule has 0 aliphatic heterocycles. The fourth-order valence-corrected chi connectivity index (χ4v) is 9.99. The molecule has 11 rings (SSSR count). The van der Waals surface area contributed by atoms with Crippen LogP contribution in [0.2, 0.25) is 0 Å². The van der Waals surface area contributed by atoms with Crippen molar-refractivity contribution in [2.45, 2.75) is 38.0 Å². The largest absolute Gasteiger partial charge is 0.309 e. The van der Waals surface area contributed by atoms with E-state index < -0.39 is 0 Å². The van der Waals surface area contributed by atoms with Gasteiger partial charge in [0.15, 0.2) is 0 Å². The maximum atomic E-state index is 2.50. The molecule has 0 radical (unpaired) electrons. The van der Waals surface area contributed by atoms with Gasteiger partial charge in [-0.15, -0.1) is 0 Å².